The number of rotatable bonds is 2. The molecule has 1 heterocycles. The van der Waals surface area contributed by atoms with Crippen LogP contribution in [-0.2, 0) is 19.1 Å². The van der Waals surface area contributed by atoms with Crippen LogP contribution in [0, 0.1) is 47.3 Å². The lowest BCUT2D eigenvalue weighted by atomic mass is 9.63. The van der Waals surface area contributed by atoms with E-state index in [-0.39, 0.29) is 29.9 Å². The Hall–Kier alpha value is -1.32. The van der Waals surface area contributed by atoms with Gasteiger partial charge in [-0.25, -0.2) is 0 Å². The Morgan fingerprint density at radius 2 is 1.70 bits per heavy atom. The van der Waals surface area contributed by atoms with Crippen LogP contribution in [0.3, 0.4) is 0 Å². The molecule has 4 aliphatic carbocycles. The number of carbonyl (C=O) groups excluding carboxylic acids is 2. The summed E-state index contributed by atoms with van der Waals surface area (Å²) in [6, 6.07) is 0. The third-order valence-corrected chi connectivity index (χ3v) is 6.93. The van der Waals surface area contributed by atoms with Crippen LogP contribution in [0.2, 0.25) is 0 Å². The first-order chi connectivity index (χ1) is 9.70. The summed E-state index contributed by atoms with van der Waals surface area (Å²) in [5.74, 6) is 2.44. The van der Waals surface area contributed by atoms with Crippen molar-refractivity contribution < 1.29 is 19.1 Å². The topological polar surface area (TPSA) is 52.6 Å². The van der Waals surface area contributed by atoms with Crippen molar-refractivity contribution in [3.8, 4) is 0 Å². The molecule has 9 unspecified atom stereocenters. The maximum atomic E-state index is 12.0. The van der Waals surface area contributed by atoms with Gasteiger partial charge in [-0.05, 0) is 54.8 Å². The number of fused-ring (bicyclic) bond motifs is 12. The van der Waals surface area contributed by atoms with Gasteiger partial charge in [0.15, 0.2) is 0 Å². The van der Waals surface area contributed by atoms with Crippen LogP contribution in [0.25, 0.3) is 0 Å². The van der Waals surface area contributed by atoms with Gasteiger partial charge in [-0.15, -0.1) is 0 Å². The van der Waals surface area contributed by atoms with Gasteiger partial charge in [0.1, 0.15) is 6.10 Å². The maximum Gasteiger partial charge on any atom is 0.317 e. The van der Waals surface area contributed by atoms with Gasteiger partial charge in [-0.1, -0.05) is 6.58 Å². The van der Waals surface area contributed by atoms with E-state index in [2.05, 4.69) is 6.58 Å². The molecular formula is C16H18O4. The minimum absolute atomic E-state index is 0.119. The van der Waals surface area contributed by atoms with Crippen LogP contribution in [0.15, 0.2) is 12.8 Å². The zero-order chi connectivity index (χ0) is 13.6. The lowest BCUT2D eigenvalue weighted by Crippen LogP contribution is -2.43. The van der Waals surface area contributed by atoms with Crippen LogP contribution in [0.5, 0.6) is 0 Å². The van der Waals surface area contributed by atoms with Crippen molar-refractivity contribution in [2.24, 2.45) is 47.3 Å². The van der Waals surface area contributed by atoms with Gasteiger partial charge in [-0.3, -0.25) is 9.59 Å². The first kappa shape index (κ1) is 11.4. The van der Waals surface area contributed by atoms with E-state index in [0.717, 1.165) is 12.8 Å². The first-order valence-electron chi connectivity index (χ1n) is 7.72. The summed E-state index contributed by atoms with van der Waals surface area (Å²) in [6.07, 6.45) is 5.21. The third-order valence-electron chi connectivity index (χ3n) is 6.93. The molecule has 9 atom stereocenters. The molecule has 0 aromatic heterocycles. The van der Waals surface area contributed by atoms with Crippen LogP contribution in [-0.4, -0.2) is 18.0 Å². The van der Waals surface area contributed by atoms with Gasteiger partial charge in [-0.2, -0.15) is 0 Å². The van der Waals surface area contributed by atoms with Gasteiger partial charge < -0.3 is 9.47 Å². The number of cyclic esters (lactones) is 2. The molecule has 5 fully saturated rings. The lowest BCUT2D eigenvalue weighted by molar-refractivity contribution is -0.154. The number of ether oxygens (including phenoxy) is 2. The van der Waals surface area contributed by atoms with Crippen molar-refractivity contribution in [3.05, 3.63) is 12.8 Å². The standard InChI is InChI=1S/C16H18O4/c1-2-19-10-4-6-3-7(10)12-9-5-8(11(6)12)13-14(9)16(18)20-15(13)17/h2,6-14H,1,3-5H2. The Balaban J connectivity index is 1.51. The second-order valence-electron chi connectivity index (χ2n) is 7.25. The molecule has 20 heavy (non-hydrogen) atoms. The van der Waals surface area contributed by atoms with E-state index in [1.54, 1.807) is 6.26 Å². The van der Waals surface area contributed by atoms with Crippen molar-refractivity contribution in [2.75, 3.05) is 0 Å². The highest BCUT2D eigenvalue weighted by molar-refractivity contribution is 5.97. The van der Waals surface area contributed by atoms with E-state index < -0.39 is 0 Å². The van der Waals surface area contributed by atoms with Crippen molar-refractivity contribution >= 4 is 11.9 Å². The van der Waals surface area contributed by atoms with Crippen molar-refractivity contribution in [1.82, 2.24) is 0 Å². The van der Waals surface area contributed by atoms with Crippen molar-refractivity contribution in [3.63, 3.8) is 0 Å². The molecule has 0 aromatic carbocycles. The molecule has 0 aromatic rings. The Morgan fingerprint density at radius 3 is 2.40 bits per heavy atom. The number of carbonyl (C=O) groups is 2. The third kappa shape index (κ3) is 1.08. The number of hydrogen-bond acceptors (Lipinski definition) is 4. The fraction of sp³-hybridized carbons (Fsp3) is 0.750. The molecule has 0 N–H and O–H groups in total. The van der Waals surface area contributed by atoms with E-state index in [4.69, 9.17) is 9.47 Å². The smallest absolute Gasteiger partial charge is 0.317 e. The van der Waals surface area contributed by atoms with Crippen LogP contribution < -0.4 is 0 Å². The molecule has 4 heteroatoms. The van der Waals surface area contributed by atoms with Gasteiger partial charge in [0.05, 0.1) is 18.1 Å². The Labute approximate surface area is 117 Å². The van der Waals surface area contributed by atoms with E-state index in [0.29, 0.717) is 35.5 Å². The summed E-state index contributed by atoms with van der Waals surface area (Å²) in [6.45, 7) is 3.68. The van der Waals surface area contributed by atoms with E-state index in [9.17, 15) is 9.59 Å². The van der Waals surface area contributed by atoms with Crippen LogP contribution in [0.1, 0.15) is 19.3 Å². The zero-order valence-corrected chi connectivity index (χ0v) is 11.2. The van der Waals surface area contributed by atoms with Crippen LogP contribution >= 0.6 is 0 Å². The molecule has 1 saturated heterocycles. The highest BCUT2D eigenvalue weighted by atomic mass is 16.6. The molecular weight excluding hydrogens is 256 g/mol. The quantitative estimate of drug-likeness (QED) is 0.333. The molecule has 4 saturated carbocycles. The molecule has 0 radical (unpaired) electrons. The average molecular weight is 274 g/mol. The highest BCUT2D eigenvalue weighted by Crippen LogP contribution is 2.71. The molecule has 5 aliphatic rings. The first-order valence-corrected chi connectivity index (χ1v) is 7.72. The second-order valence-corrected chi connectivity index (χ2v) is 7.25. The molecule has 106 valence electrons. The Bertz CT molecular complexity index is 527. The van der Waals surface area contributed by atoms with Crippen molar-refractivity contribution in [1.29, 1.82) is 0 Å². The van der Waals surface area contributed by atoms with E-state index >= 15 is 0 Å². The average Bonchev–Trinajstić information content (AvgIpc) is 3.15. The van der Waals surface area contributed by atoms with Gasteiger partial charge in [0.25, 0.3) is 0 Å². The molecule has 1 aliphatic heterocycles. The number of hydrogen-bond donors (Lipinski definition) is 0. The minimum Gasteiger partial charge on any atom is -0.498 e. The summed E-state index contributed by atoms with van der Waals surface area (Å²) >= 11 is 0. The summed E-state index contributed by atoms with van der Waals surface area (Å²) in [7, 11) is 0. The molecule has 0 amide bonds. The lowest BCUT2D eigenvalue weighted by Gasteiger charge is -2.40. The van der Waals surface area contributed by atoms with Gasteiger partial charge in [0.2, 0.25) is 0 Å². The van der Waals surface area contributed by atoms with Crippen LogP contribution in [0.4, 0.5) is 0 Å². The molecule has 0 spiro atoms. The normalized spacial score (nSPS) is 57.7. The molecule has 5 rings (SSSR count). The highest BCUT2D eigenvalue weighted by Gasteiger charge is 2.72. The maximum absolute atomic E-state index is 12.0. The summed E-state index contributed by atoms with van der Waals surface area (Å²) in [5.41, 5.74) is 0. The zero-order valence-electron chi connectivity index (χ0n) is 11.2. The monoisotopic (exact) mass is 274 g/mol. The fourth-order valence-corrected chi connectivity index (χ4v) is 6.72. The molecule has 4 nitrogen and oxygen atoms in total. The summed E-state index contributed by atoms with van der Waals surface area (Å²) in [4.78, 5) is 23.9. The second kappa shape index (κ2) is 3.46. The molecule has 4 bridgehead atoms. The largest absolute Gasteiger partial charge is 0.498 e. The summed E-state index contributed by atoms with van der Waals surface area (Å²) in [5, 5.41) is 0. The predicted octanol–water partition coefficient (Wildman–Crippen LogP) is 1.75. The number of esters is 2. The fourth-order valence-electron chi connectivity index (χ4n) is 6.72. The van der Waals surface area contributed by atoms with E-state index in [1.807, 2.05) is 0 Å². The minimum atomic E-state index is -0.255. The Kier molecular flexibility index (Phi) is 1.97. The Morgan fingerprint density at radius 1 is 1.00 bits per heavy atom. The SMILES string of the molecule is C=COC1CC2CC1C1C3CC(C4C(=O)OC(=O)C34)C21. The van der Waals surface area contributed by atoms with Gasteiger partial charge >= 0.3 is 11.9 Å². The predicted molar refractivity (Wildman–Crippen MR) is 67.9 cm³/mol. The van der Waals surface area contributed by atoms with E-state index in [1.165, 1.54) is 6.42 Å². The summed E-state index contributed by atoms with van der Waals surface area (Å²) < 4.78 is 10.6. The van der Waals surface area contributed by atoms with Crippen molar-refractivity contribution in [2.45, 2.75) is 25.4 Å². The van der Waals surface area contributed by atoms with Gasteiger partial charge in [0, 0.05) is 0 Å².